The number of guanidine groups is 1. The normalized spacial score (nSPS) is 18.1. The van der Waals surface area contributed by atoms with E-state index in [2.05, 4.69) is 37.9 Å². The number of esters is 1. The van der Waals surface area contributed by atoms with Crippen LogP contribution in [0.1, 0.15) is 61.9 Å². The number of benzene rings is 3. The summed E-state index contributed by atoms with van der Waals surface area (Å²) in [5.41, 5.74) is -2.41. The maximum atomic E-state index is 15.1. The summed E-state index contributed by atoms with van der Waals surface area (Å²) in [5.74, 6) is -2.65. The van der Waals surface area contributed by atoms with E-state index in [1.165, 1.54) is 18.2 Å². The first-order valence-electron chi connectivity index (χ1n) is 17.0. The molecule has 1 aliphatic carbocycles. The predicted molar refractivity (Wildman–Crippen MR) is 197 cm³/mol. The molecule has 0 spiro atoms. The molecule has 11 nitrogen and oxygen atoms in total. The fraction of sp³-hybridized carbons (Fsp3) is 0.316. The summed E-state index contributed by atoms with van der Waals surface area (Å²) < 4.78 is 81.3. The lowest BCUT2D eigenvalue weighted by atomic mass is 9.84. The van der Waals surface area contributed by atoms with Gasteiger partial charge in [-0.2, -0.15) is 31.7 Å². The Bertz CT molecular complexity index is 2160. The summed E-state index contributed by atoms with van der Waals surface area (Å²) in [4.78, 5) is 51.4. The van der Waals surface area contributed by atoms with Crippen LogP contribution in [0.2, 0.25) is 5.02 Å². The highest BCUT2D eigenvalue weighted by molar-refractivity contribution is 9.10. The van der Waals surface area contributed by atoms with Crippen molar-refractivity contribution in [3.8, 4) is 11.4 Å². The van der Waals surface area contributed by atoms with Crippen molar-refractivity contribution in [2.24, 2.45) is 10.4 Å². The van der Waals surface area contributed by atoms with E-state index in [1.54, 1.807) is 61.5 Å². The maximum Gasteiger partial charge on any atom is 0.414 e. The minimum Gasteiger partial charge on any atom is -0.463 e. The van der Waals surface area contributed by atoms with Crippen molar-refractivity contribution in [2.75, 3.05) is 6.61 Å². The number of carbonyl (C=O) groups is 3. The smallest absolute Gasteiger partial charge is 0.414 e. The number of rotatable bonds is 13. The monoisotopic (exact) mass is 862 g/mol. The van der Waals surface area contributed by atoms with Gasteiger partial charge in [0, 0.05) is 16.5 Å². The molecule has 4 aromatic rings. The highest BCUT2D eigenvalue weighted by Crippen LogP contribution is 2.60. The van der Waals surface area contributed by atoms with Crippen molar-refractivity contribution in [3.05, 3.63) is 117 Å². The number of alkyl halides is 5. The van der Waals surface area contributed by atoms with E-state index in [4.69, 9.17) is 26.1 Å². The van der Waals surface area contributed by atoms with Gasteiger partial charge in [-0.3, -0.25) is 19.8 Å². The van der Waals surface area contributed by atoms with Gasteiger partial charge in [-0.25, -0.2) is 14.8 Å². The summed E-state index contributed by atoms with van der Waals surface area (Å²) in [6.07, 6.45) is -6.34. The molecular formula is C38H33BrClF5N6O5. The summed E-state index contributed by atoms with van der Waals surface area (Å²) in [6, 6.07) is 18.0. The van der Waals surface area contributed by atoms with Crippen LogP contribution in [-0.2, 0) is 31.2 Å². The average Bonchev–Trinajstić information content (AvgIpc) is 3.68. The summed E-state index contributed by atoms with van der Waals surface area (Å²) in [6.45, 7) is 1.63. The highest BCUT2D eigenvalue weighted by atomic mass is 79.9. The molecule has 0 unspecified atom stereocenters. The molecule has 6 rings (SSSR count). The molecule has 0 bridgehead atoms. The molecule has 2 amide bonds. The molecule has 1 aliphatic heterocycles. The molecule has 294 valence electrons. The molecule has 1 aromatic heterocycles. The van der Waals surface area contributed by atoms with E-state index in [0.717, 1.165) is 11.2 Å². The minimum absolute atomic E-state index is 0.0454. The second kappa shape index (κ2) is 16.1. The van der Waals surface area contributed by atoms with Gasteiger partial charge in [0.1, 0.15) is 19.5 Å². The number of aromatic nitrogens is 3. The Hall–Kier alpha value is -5.16. The number of nitrogens with zero attached hydrogens (tertiary/aromatic N) is 5. The van der Waals surface area contributed by atoms with Gasteiger partial charge in [0.25, 0.3) is 5.91 Å². The van der Waals surface area contributed by atoms with Crippen molar-refractivity contribution in [1.29, 1.82) is 0 Å². The van der Waals surface area contributed by atoms with Crippen LogP contribution in [-0.4, -0.2) is 56.4 Å². The summed E-state index contributed by atoms with van der Waals surface area (Å²) in [5, 5.41) is 6.06. The molecule has 1 saturated carbocycles. The minimum atomic E-state index is -4.65. The molecule has 2 aliphatic rings. The van der Waals surface area contributed by atoms with Crippen LogP contribution in [0.3, 0.4) is 0 Å². The van der Waals surface area contributed by atoms with E-state index in [1.807, 2.05) is 0 Å². The van der Waals surface area contributed by atoms with Gasteiger partial charge in [-0.05, 0) is 60.7 Å². The number of aliphatic imine (C=N–C) groups is 1. The number of amides is 2. The van der Waals surface area contributed by atoms with Gasteiger partial charge < -0.3 is 9.47 Å². The molecule has 0 radical (unpaired) electrons. The Morgan fingerprint density at radius 3 is 2.36 bits per heavy atom. The lowest BCUT2D eigenvalue weighted by molar-refractivity contribution is -0.195. The zero-order valence-corrected chi connectivity index (χ0v) is 31.9. The second-order valence-electron chi connectivity index (χ2n) is 13.5. The first-order valence-corrected chi connectivity index (χ1v) is 18.2. The molecule has 56 heavy (non-hydrogen) atoms. The van der Waals surface area contributed by atoms with Crippen LogP contribution in [0.5, 0.6) is 0 Å². The number of halogens is 7. The van der Waals surface area contributed by atoms with Gasteiger partial charge in [-0.1, -0.05) is 81.6 Å². The zero-order valence-electron chi connectivity index (χ0n) is 29.5. The predicted octanol–water partition coefficient (Wildman–Crippen LogP) is 9.06. The van der Waals surface area contributed by atoms with Gasteiger partial charge in [0.15, 0.2) is 11.4 Å². The Morgan fingerprint density at radius 1 is 1.04 bits per heavy atom. The van der Waals surface area contributed by atoms with Gasteiger partial charge in [0.2, 0.25) is 5.96 Å². The fourth-order valence-electron chi connectivity index (χ4n) is 6.41. The lowest BCUT2D eigenvalue weighted by Crippen LogP contribution is -2.49. The first kappa shape index (κ1) is 40.5. The molecule has 3 aromatic carbocycles. The van der Waals surface area contributed by atoms with Crippen molar-refractivity contribution < 1.29 is 45.8 Å². The number of ether oxygens (including phenoxy) is 2. The SMILES string of the molecule is C=C(C)C[C@]1(c2ccc(Br)cc2)N=C(NC(=O)OCc2ccccc2)N([C@H](COC(=O)CC2(C(F)(F)F)CC2)c2ccc(Cl)c(-c3ncnn3C(F)F)c2)C1=O. The average molecular weight is 864 g/mol. The summed E-state index contributed by atoms with van der Waals surface area (Å²) >= 11 is 9.86. The van der Waals surface area contributed by atoms with Crippen LogP contribution >= 0.6 is 27.5 Å². The lowest BCUT2D eigenvalue weighted by Gasteiger charge is -2.32. The number of hydrogen-bond donors (Lipinski definition) is 1. The third-order valence-electron chi connectivity index (χ3n) is 9.43. The number of nitrogens with one attached hydrogen (secondary N) is 1. The third-order valence-corrected chi connectivity index (χ3v) is 10.3. The van der Waals surface area contributed by atoms with Gasteiger partial charge >= 0.3 is 24.8 Å². The molecule has 2 atom stereocenters. The van der Waals surface area contributed by atoms with E-state index in [9.17, 15) is 31.5 Å². The largest absolute Gasteiger partial charge is 0.463 e. The third kappa shape index (κ3) is 8.48. The van der Waals surface area contributed by atoms with E-state index in [0.29, 0.717) is 25.9 Å². The topological polar surface area (TPSA) is 128 Å². The molecule has 2 heterocycles. The van der Waals surface area contributed by atoms with Crippen LogP contribution in [0, 0.1) is 5.41 Å². The highest BCUT2D eigenvalue weighted by Gasteiger charge is 2.64. The van der Waals surface area contributed by atoms with Crippen molar-refractivity contribution >= 4 is 51.5 Å². The summed E-state index contributed by atoms with van der Waals surface area (Å²) in [7, 11) is 0. The Morgan fingerprint density at radius 2 is 1.73 bits per heavy atom. The molecule has 18 heteroatoms. The number of hydrogen-bond acceptors (Lipinski definition) is 8. The van der Waals surface area contributed by atoms with Crippen molar-refractivity contribution in [3.63, 3.8) is 0 Å². The Balaban J connectivity index is 1.45. The van der Waals surface area contributed by atoms with E-state index >= 15 is 4.79 Å². The van der Waals surface area contributed by atoms with Crippen LogP contribution in [0.15, 0.2) is 101 Å². The Kier molecular flexibility index (Phi) is 11.7. The van der Waals surface area contributed by atoms with Crippen molar-refractivity contribution in [2.45, 2.75) is 63.5 Å². The second-order valence-corrected chi connectivity index (χ2v) is 14.8. The Labute approximate surface area is 330 Å². The van der Waals surface area contributed by atoms with Crippen molar-refractivity contribution in [1.82, 2.24) is 25.0 Å². The fourth-order valence-corrected chi connectivity index (χ4v) is 6.88. The molecule has 0 saturated heterocycles. The molecular weight excluding hydrogens is 831 g/mol. The molecule has 1 fully saturated rings. The number of alkyl carbamates (subject to hydrolysis) is 1. The first-order chi connectivity index (χ1) is 26.5. The quantitative estimate of drug-likeness (QED) is 0.0807. The zero-order chi connectivity index (χ0) is 40.4. The van der Waals surface area contributed by atoms with Crippen LogP contribution in [0.4, 0.5) is 26.7 Å². The van der Waals surface area contributed by atoms with Gasteiger partial charge in [-0.15, -0.1) is 6.58 Å². The van der Waals surface area contributed by atoms with Crippen LogP contribution < -0.4 is 5.32 Å². The standard InChI is InChI=1S/C38H33BrClF5N6O5/c1-22(2)17-37(25-9-11-26(39)12-10-25)32(53)50(34(49-37)48-35(54)56-19-23-6-4-3-5-7-23)29(20-55-30(52)18-36(14-15-36)38(43,44)45)24-8-13-28(40)27(16-24)31-46-21-47-51(31)33(41)42/h3-13,16,21,29,33H,1,14-15,17-20H2,2H3,(H,48,49,54)/t29-,37-/m1/s1. The molecule has 1 N–H and O–H groups in total. The number of carbonyl (C=O) groups excluding carboxylic acids is 3. The van der Waals surface area contributed by atoms with E-state index < -0.39 is 60.7 Å². The van der Waals surface area contributed by atoms with E-state index in [-0.39, 0.29) is 53.8 Å². The van der Waals surface area contributed by atoms with Gasteiger partial charge in [0.05, 0.1) is 22.9 Å². The maximum absolute atomic E-state index is 15.1. The van der Waals surface area contributed by atoms with Crippen LogP contribution in [0.25, 0.3) is 11.4 Å².